The monoisotopic (exact) mass is 486 g/mol. The zero-order valence-corrected chi connectivity index (χ0v) is 19.3. The third-order valence-electron chi connectivity index (χ3n) is 6.08. The van der Waals surface area contributed by atoms with Gasteiger partial charge in [0, 0.05) is 37.7 Å². The highest BCUT2D eigenvalue weighted by atomic mass is 35.5. The van der Waals surface area contributed by atoms with Gasteiger partial charge in [0.1, 0.15) is 21.7 Å². The van der Waals surface area contributed by atoms with Crippen LogP contribution < -0.4 is 15.0 Å². The van der Waals surface area contributed by atoms with Crippen LogP contribution in [0.2, 0.25) is 4.34 Å². The van der Waals surface area contributed by atoms with E-state index < -0.39 is 5.41 Å². The van der Waals surface area contributed by atoms with E-state index in [1.165, 1.54) is 29.7 Å². The summed E-state index contributed by atoms with van der Waals surface area (Å²) in [4.78, 5) is 32.8. The molecule has 3 aromatic rings. The van der Waals surface area contributed by atoms with Crippen molar-refractivity contribution < 1.29 is 18.7 Å². The van der Waals surface area contributed by atoms with Gasteiger partial charge < -0.3 is 9.64 Å². The Morgan fingerprint density at radius 1 is 1.18 bits per heavy atom. The van der Waals surface area contributed by atoms with E-state index in [0.717, 1.165) is 17.7 Å². The average molecular weight is 487 g/mol. The molecule has 1 spiro atoms. The molecule has 2 aromatic carbocycles. The Kier molecular flexibility index (Phi) is 5.46. The summed E-state index contributed by atoms with van der Waals surface area (Å²) in [5.74, 6) is 0.756. The van der Waals surface area contributed by atoms with Crippen molar-refractivity contribution in [2.45, 2.75) is 18.8 Å². The summed E-state index contributed by atoms with van der Waals surface area (Å²) < 4.78 is 19.7. The number of hydrogen-bond acceptors (Lipinski definition) is 5. The van der Waals surface area contributed by atoms with E-state index in [0.29, 0.717) is 40.6 Å². The third-order valence-corrected chi connectivity index (χ3v) is 7.11. The van der Waals surface area contributed by atoms with Crippen molar-refractivity contribution in [1.29, 1.82) is 0 Å². The van der Waals surface area contributed by atoms with Gasteiger partial charge in [-0.25, -0.2) is 14.2 Å². The van der Waals surface area contributed by atoms with E-state index in [1.807, 2.05) is 12.1 Å². The van der Waals surface area contributed by atoms with Gasteiger partial charge in [0.15, 0.2) is 5.13 Å². The number of nitrogens with zero attached hydrogens (tertiary/aromatic N) is 3. The molecule has 3 heterocycles. The molecule has 7 nitrogen and oxygen atoms in total. The number of nitrogens with one attached hydrogen (secondary N) is 1. The first-order chi connectivity index (χ1) is 15.8. The van der Waals surface area contributed by atoms with Gasteiger partial charge in [-0.3, -0.25) is 15.0 Å². The molecule has 2 aliphatic rings. The van der Waals surface area contributed by atoms with Gasteiger partial charge in [0.25, 0.3) is 0 Å². The number of rotatable bonds is 3. The van der Waals surface area contributed by atoms with Gasteiger partial charge >= 0.3 is 6.03 Å². The third kappa shape index (κ3) is 4.14. The van der Waals surface area contributed by atoms with Crippen LogP contribution in [0.1, 0.15) is 18.9 Å². The Labute approximate surface area is 198 Å². The predicted molar refractivity (Wildman–Crippen MR) is 125 cm³/mol. The minimum Gasteiger partial charge on any atom is -0.457 e. The summed E-state index contributed by atoms with van der Waals surface area (Å²) in [6, 6.07) is 11.0. The van der Waals surface area contributed by atoms with Gasteiger partial charge in [0.05, 0.1) is 6.20 Å². The lowest BCUT2D eigenvalue weighted by atomic mass is 9.81. The lowest BCUT2D eigenvalue weighted by Crippen LogP contribution is -2.41. The number of carbonyl (C=O) groups is 2. The van der Waals surface area contributed by atoms with Gasteiger partial charge in [-0.15, -0.1) is 0 Å². The van der Waals surface area contributed by atoms with Crippen LogP contribution >= 0.6 is 22.9 Å². The van der Waals surface area contributed by atoms with Crippen molar-refractivity contribution in [2.24, 2.45) is 0 Å². The Bertz CT molecular complexity index is 1230. The lowest BCUT2D eigenvalue weighted by Gasteiger charge is -2.25. The number of carbonyl (C=O) groups excluding carboxylic acids is 2. The molecular formula is C23H20ClFN4O3S. The zero-order chi connectivity index (χ0) is 23.2. The predicted octanol–water partition coefficient (Wildman–Crippen LogP) is 5.27. The fourth-order valence-corrected chi connectivity index (χ4v) is 5.29. The number of fused-ring (bicyclic) bond motifs is 2. The van der Waals surface area contributed by atoms with Crippen LogP contribution in [-0.2, 0) is 10.2 Å². The zero-order valence-electron chi connectivity index (χ0n) is 17.7. The van der Waals surface area contributed by atoms with Crippen molar-refractivity contribution >= 4 is 45.7 Å². The number of amides is 3. The number of hydrogen-bond donors (Lipinski definition) is 1. The van der Waals surface area contributed by atoms with Crippen LogP contribution in [0.4, 0.5) is 20.0 Å². The number of anilines is 2. The van der Waals surface area contributed by atoms with Gasteiger partial charge in [-0.1, -0.05) is 22.9 Å². The summed E-state index contributed by atoms with van der Waals surface area (Å²) in [6.07, 6.45) is 2.22. The highest BCUT2D eigenvalue weighted by Gasteiger charge is 2.49. The number of aromatic nitrogens is 1. The summed E-state index contributed by atoms with van der Waals surface area (Å²) in [5.41, 5.74) is 1.30. The summed E-state index contributed by atoms with van der Waals surface area (Å²) >= 11 is 7.13. The molecule has 1 aromatic heterocycles. The maximum absolute atomic E-state index is 13.2. The molecule has 3 amide bonds. The fraction of sp³-hybridized carbons (Fsp3) is 0.261. The molecule has 33 heavy (non-hydrogen) atoms. The van der Waals surface area contributed by atoms with Gasteiger partial charge in [-0.05, 0) is 54.4 Å². The van der Waals surface area contributed by atoms with Gasteiger partial charge in [0.2, 0.25) is 5.91 Å². The maximum atomic E-state index is 13.2. The van der Waals surface area contributed by atoms with Crippen molar-refractivity contribution in [3.05, 3.63) is 64.4 Å². The molecule has 0 saturated carbocycles. The molecule has 1 fully saturated rings. The van der Waals surface area contributed by atoms with E-state index in [4.69, 9.17) is 16.3 Å². The topological polar surface area (TPSA) is 74.8 Å². The number of likely N-dealkylation sites (tertiary alicyclic amines) is 1. The van der Waals surface area contributed by atoms with E-state index in [9.17, 15) is 14.0 Å². The van der Waals surface area contributed by atoms with Crippen LogP contribution in [0, 0.1) is 5.82 Å². The minimum atomic E-state index is -0.402. The number of thiazole rings is 1. The summed E-state index contributed by atoms with van der Waals surface area (Å²) in [7, 11) is 0. The molecule has 0 bridgehead atoms. The molecule has 0 radical (unpaired) electrons. The normalized spacial score (nSPS) is 19.1. The second-order valence-corrected chi connectivity index (χ2v) is 9.85. The first kappa shape index (κ1) is 21.7. The Balaban J connectivity index is 1.47. The first-order valence-electron chi connectivity index (χ1n) is 10.4. The highest BCUT2D eigenvalue weighted by Crippen LogP contribution is 2.48. The molecule has 1 saturated heterocycles. The van der Waals surface area contributed by atoms with E-state index in [1.54, 1.807) is 34.9 Å². The van der Waals surface area contributed by atoms with Crippen molar-refractivity contribution in [3.8, 4) is 11.5 Å². The smallest absolute Gasteiger partial charge is 0.328 e. The second kappa shape index (κ2) is 8.31. The number of halogens is 2. The lowest BCUT2D eigenvalue weighted by molar-refractivity contribution is -0.127. The van der Waals surface area contributed by atoms with Crippen LogP contribution in [0.5, 0.6) is 11.5 Å². The van der Waals surface area contributed by atoms with Crippen molar-refractivity contribution in [2.75, 3.05) is 29.9 Å². The fourth-order valence-electron chi connectivity index (χ4n) is 4.49. The highest BCUT2D eigenvalue weighted by molar-refractivity contribution is 7.19. The quantitative estimate of drug-likeness (QED) is 0.547. The Hall–Kier alpha value is -3.17. The Morgan fingerprint density at radius 2 is 1.94 bits per heavy atom. The molecule has 2 aliphatic heterocycles. The number of urea groups is 1. The summed E-state index contributed by atoms with van der Waals surface area (Å²) in [6.45, 7) is 3.12. The van der Waals surface area contributed by atoms with Crippen molar-refractivity contribution in [1.82, 2.24) is 9.88 Å². The largest absolute Gasteiger partial charge is 0.457 e. The SMILES string of the molecule is CC(=O)N1CCC2(C1)CN(C(=O)Nc1ncc(Cl)s1)c1ccc(Oc3ccc(F)cc3)cc12. The van der Waals surface area contributed by atoms with Crippen LogP contribution in [0.15, 0.2) is 48.7 Å². The van der Waals surface area contributed by atoms with E-state index >= 15 is 0 Å². The molecular weight excluding hydrogens is 467 g/mol. The van der Waals surface area contributed by atoms with Crippen LogP contribution in [0.25, 0.3) is 0 Å². The number of ether oxygens (including phenoxy) is 1. The number of benzene rings is 2. The van der Waals surface area contributed by atoms with E-state index in [2.05, 4.69) is 10.3 Å². The molecule has 1 unspecified atom stereocenters. The molecule has 1 atom stereocenters. The average Bonchev–Trinajstić information content (AvgIpc) is 3.48. The molecule has 1 N–H and O–H groups in total. The molecule has 5 rings (SSSR count). The minimum absolute atomic E-state index is 0.00692. The second-order valence-electron chi connectivity index (χ2n) is 8.19. The van der Waals surface area contributed by atoms with Gasteiger partial charge in [-0.2, -0.15) is 0 Å². The molecule has 10 heteroatoms. The van der Waals surface area contributed by atoms with Crippen LogP contribution in [-0.4, -0.2) is 41.5 Å². The maximum Gasteiger partial charge on any atom is 0.328 e. The van der Waals surface area contributed by atoms with Crippen LogP contribution in [0.3, 0.4) is 0 Å². The molecule has 170 valence electrons. The standard InChI is InChI=1S/C23H20ClFN4O3S/c1-14(30)28-9-8-23(12-28)13-29(22(31)27-21-26-11-20(24)33-21)19-7-6-17(10-18(19)23)32-16-4-2-15(25)3-5-16/h2-7,10-11H,8-9,12-13H2,1H3,(H,26,27,31). The Morgan fingerprint density at radius 3 is 2.61 bits per heavy atom. The molecule has 0 aliphatic carbocycles. The first-order valence-corrected chi connectivity index (χ1v) is 11.6. The van der Waals surface area contributed by atoms with E-state index in [-0.39, 0.29) is 17.8 Å². The summed E-state index contributed by atoms with van der Waals surface area (Å²) in [5, 5.41) is 3.23. The van der Waals surface area contributed by atoms with Crippen molar-refractivity contribution in [3.63, 3.8) is 0 Å².